The summed E-state index contributed by atoms with van der Waals surface area (Å²) in [7, 11) is 0. The molecule has 0 heterocycles. The van der Waals surface area contributed by atoms with Gasteiger partial charge in [-0.1, -0.05) is 0 Å². The Kier molecular flexibility index (Phi) is 8.24. The van der Waals surface area contributed by atoms with Crippen molar-refractivity contribution in [1.82, 2.24) is 5.32 Å². The fourth-order valence-corrected chi connectivity index (χ4v) is 1.83. The van der Waals surface area contributed by atoms with Crippen LogP contribution < -0.4 is 5.32 Å². The molecule has 1 unspecified atom stereocenters. The molecular weight excluding hydrogens is 240 g/mol. The number of ether oxygens (including phenoxy) is 2. The van der Waals surface area contributed by atoms with Crippen LogP contribution in [0.1, 0.15) is 54.4 Å². The average Bonchev–Trinajstić information content (AvgIpc) is 2.25. The first-order chi connectivity index (χ1) is 8.68. The van der Waals surface area contributed by atoms with Crippen LogP contribution in [-0.4, -0.2) is 37.0 Å². The summed E-state index contributed by atoms with van der Waals surface area (Å²) in [6.07, 6.45) is 1.67. The van der Waals surface area contributed by atoms with Gasteiger partial charge in [0.15, 0.2) is 0 Å². The van der Waals surface area contributed by atoms with Crippen LogP contribution in [0, 0.1) is 11.3 Å². The smallest absolute Gasteiger partial charge is 0.104 e. The summed E-state index contributed by atoms with van der Waals surface area (Å²) >= 11 is 0. The normalized spacial score (nSPS) is 15.3. The number of hydrogen-bond donors (Lipinski definition) is 1. The average molecular weight is 270 g/mol. The third-order valence-corrected chi connectivity index (χ3v) is 2.58. The zero-order chi connectivity index (χ0) is 14.9. The molecule has 0 aliphatic heterocycles. The number of hydrogen-bond acceptors (Lipinski definition) is 4. The van der Waals surface area contributed by atoms with Gasteiger partial charge in [0.25, 0.3) is 0 Å². The molecule has 0 rings (SSSR count). The van der Waals surface area contributed by atoms with Gasteiger partial charge >= 0.3 is 0 Å². The van der Waals surface area contributed by atoms with Crippen LogP contribution in [0.15, 0.2) is 0 Å². The fourth-order valence-electron chi connectivity index (χ4n) is 1.83. The molecule has 0 aromatic heterocycles. The minimum absolute atomic E-state index is 0.107. The van der Waals surface area contributed by atoms with E-state index in [0.717, 1.165) is 12.8 Å². The predicted octanol–water partition coefficient (Wildman–Crippen LogP) is 2.88. The van der Waals surface area contributed by atoms with E-state index in [1.54, 1.807) is 0 Å². The summed E-state index contributed by atoms with van der Waals surface area (Å²) in [5.74, 6) is 0. The van der Waals surface area contributed by atoms with Crippen molar-refractivity contribution in [2.45, 2.75) is 71.6 Å². The highest BCUT2D eigenvalue weighted by Crippen LogP contribution is 2.12. The van der Waals surface area contributed by atoms with Gasteiger partial charge in [0, 0.05) is 12.6 Å². The van der Waals surface area contributed by atoms with Crippen molar-refractivity contribution in [3.05, 3.63) is 0 Å². The number of nitriles is 1. The highest BCUT2D eigenvalue weighted by Gasteiger charge is 2.23. The zero-order valence-electron chi connectivity index (χ0n) is 13.4. The molecule has 1 atom stereocenters. The molecule has 0 aromatic carbocycles. The van der Waals surface area contributed by atoms with Crippen molar-refractivity contribution >= 4 is 0 Å². The first-order valence-corrected chi connectivity index (χ1v) is 7.09. The van der Waals surface area contributed by atoms with E-state index < -0.39 is 5.54 Å². The highest BCUT2D eigenvalue weighted by atomic mass is 16.5. The number of rotatable bonds is 9. The second-order valence-electron chi connectivity index (χ2n) is 6.42. The van der Waals surface area contributed by atoms with E-state index in [1.165, 1.54) is 0 Å². The number of nitrogens with one attached hydrogen (secondary N) is 1. The third kappa shape index (κ3) is 10.9. The molecular formula is C15H30N2O2. The molecule has 0 radical (unpaired) electrons. The van der Waals surface area contributed by atoms with Crippen molar-refractivity contribution in [1.29, 1.82) is 5.26 Å². The molecule has 4 nitrogen and oxygen atoms in total. The van der Waals surface area contributed by atoms with Crippen LogP contribution in [0.4, 0.5) is 0 Å². The maximum Gasteiger partial charge on any atom is 0.104 e. The zero-order valence-corrected chi connectivity index (χ0v) is 13.4. The van der Waals surface area contributed by atoms with Gasteiger partial charge in [-0.3, -0.25) is 5.32 Å². The van der Waals surface area contributed by atoms with Crippen LogP contribution in [-0.2, 0) is 9.47 Å². The maximum atomic E-state index is 9.19. The number of nitrogens with zero attached hydrogens (tertiary/aromatic N) is 1. The molecule has 0 amide bonds. The first-order valence-electron chi connectivity index (χ1n) is 7.09. The van der Waals surface area contributed by atoms with Crippen molar-refractivity contribution in [3.8, 4) is 6.07 Å². The van der Waals surface area contributed by atoms with Gasteiger partial charge in [-0.15, -0.1) is 0 Å². The lowest BCUT2D eigenvalue weighted by Gasteiger charge is -2.25. The molecule has 0 saturated carbocycles. The fraction of sp³-hybridized carbons (Fsp3) is 0.933. The summed E-state index contributed by atoms with van der Waals surface area (Å²) in [6.45, 7) is 14.0. The Bertz CT molecular complexity index is 279. The van der Waals surface area contributed by atoms with Crippen LogP contribution in [0.2, 0.25) is 0 Å². The molecule has 0 aliphatic carbocycles. The molecule has 4 heteroatoms. The van der Waals surface area contributed by atoms with E-state index in [9.17, 15) is 5.26 Å². The Morgan fingerprint density at radius 2 is 1.74 bits per heavy atom. The Balaban J connectivity index is 3.66. The van der Waals surface area contributed by atoms with Crippen LogP contribution in [0.3, 0.4) is 0 Å². The van der Waals surface area contributed by atoms with Gasteiger partial charge in [-0.2, -0.15) is 5.26 Å². The molecule has 0 fully saturated rings. The first kappa shape index (κ1) is 18.4. The van der Waals surface area contributed by atoms with Crippen molar-refractivity contribution in [3.63, 3.8) is 0 Å². The quantitative estimate of drug-likeness (QED) is 0.655. The highest BCUT2D eigenvalue weighted by molar-refractivity contribution is 5.04. The second kappa shape index (κ2) is 8.52. The summed E-state index contributed by atoms with van der Waals surface area (Å²) in [4.78, 5) is 0. The third-order valence-electron chi connectivity index (χ3n) is 2.58. The topological polar surface area (TPSA) is 54.3 Å². The molecule has 0 spiro atoms. The van der Waals surface area contributed by atoms with E-state index in [-0.39, 0.29) is 5.60 Å². The Labute approximate surface area is 118 Å². The van der Waals surface area contributed by atoms with E-state index in [4.69, 9.17) is 9.47 Å². The minimum atomic E-state index is -0.459. The largest absolute Gasteiger partial charge is 0.379 e. The van der Waals surface area contributed by atoms with E-state index in [2.05, 4.69) is 25.2 Å². The van der Waals surface area contributed by atoms with Crippen molar-refractivity contribution in [2.24, 2.45) is 0 Å². The summed E-state index contributed by atoms with van der Waals surface area (Å²) < 4.78 is 11.1. The van der Waals surface area contributed by atoms with Gasteiger partial charge in [0.2, 0.25) is 0 Å². The summed E-state index contributed by atoms with van der Waals surface area (Å²) in [6, 6.07) is 2.65. The predicted molar refractivity (Wildman–Crippen MR) is 78.0 cm³/mol. The maximum absolute atomic E-state index is 9.19. The van der Waals surface area contributed by atoms with Gasteiger partial charge in [-0.25, -0.2) is 0 Å². The Hall–Kier alpha value is -0.630. The molecule has 1 N–H and O–H groups in total. The molecule has 0 aliphatic rings. The molecule has 0 bridgehead atoms. The Morgan fingerprint density at radius 3 is 2.21 bits per heavy atom. The summed E-state index contributed by atoms with van der Waals surface area (Å²) in [5, 5.41) is 12.5. The SMILES string of the molecule is CC(C)NC(C)(C#N)CCCOCCOC(C)(C)C. The van der Waals surface area contributed by atoms with E-state index >= 15 is 0 Å². The molecule has 112 valence electrons. The van der Waals surface area contributed by atoms with Crippen molar-refractivity contribution in [2.75, 3.05) is 19.8 Å². The van der Waals surface area contributed by atoms with Crippen molar-refractivity contribution < 1.29 is 9.47 Å². The van der Waals surface area contributed by atoms with Crippen LogP contribution in [0.25, 0.3) is 0 Å². The lowest BCUT2D eigenvalue weighted by Crippen LogP contribution is -2.45. The van der Waals surface area contributed by atoms with Gasteiger partial charge in [0.05, 0.1) is 24.9 Å². The van der Waals surface area contributed by atoms with Crippen LogP contribution >= 0.6 is 0 Å². The van der Waals surface area contributed by atoms with Crippen LogP contribution in [0.5, 0.6) is 0 Å². The molecule has 0 saturated heterocycles. The standard InChI is InChI=1S/C15H30N2O2/c1-13(2)17-15(6,12-16)8-7-9-18-10-11-19-14(3,4)5/h13,17H,7-11H2,1-6H3. The Morgan fingerprint density at radius 1 is 1.11 bits per heavy atom. The van der Waals surface area contributed by atoms with Gasteiger partial charge in [0.1, 0.15) is 5.54 Å². The molecule has 0 aromatic rings. The van der Waals surface area contributed by atoms with Gasteiger partial charge < -0.3 is 9.47 Å². The van der Waals surface area contributed by atoms with E-state index in [1.807, 2.05) is 27.7 Å². The van der Waals surface area contributed by atoms with E-state index in [0.29, 0.717) is 25.9 Å². The molecule has 19 heavy (non-hydrogen) atoms. The lowest BCUT2D eigenvalue weighted by atomic mass is 9.97. The van der Waals surface area contributed by atoms with Gasteiger partial charge in [-0.05, 0) is 54.4 Å². The monoisotopic (exact) mass is 270 g/mol. The second-order valence-corrected chi connectivity index (χ2v) is 6.42. The minimum Gasteiger partial charge on any atom is -0.379 e. The summed E-state index contributed by atoms with van der Waals surface area (Å²) in [5.41, 5.74) is -0.566. The lowest BCUT2D eigenvalue weighted by molar-refractivity contribution is -0.0354.